The molecule has 2 aromatic heterocycles. The Bertz CT molecular complexity index is 617. The molecular weight excluding hydrogens is 262 g/mol. The molecule has 0 aromatic carbocycles. The molecule has 1 saturated heterocycles. The Labute approximate surface area is 124 Å². The van der Waals surface area contributed by atoms with Crippen molar-refractivity contribution in [3.63, 3.8) is 0 Å². The fourth-order valence-corrected chi connectivity index (χ4v) is 3.16. The lowest BCUT2D eigenvalue weighted by Crippen LogP contribution is -2.37. The summed E-state index contributed by atoms with van der Waals surface area (Å²) in [5.41, 5.74) is 1.56. The zero-order chi connectivity index (χ0) is 14.1. The van der Waals surface area contributed by atoms with Crippen LogP contribution in [0.1, 0.15) is 25.7 Å². The van der Waals surface area contributed by atoms with Crippen molar-refractivity contribution < 1.29 is 0 Å². The van der Waals surface area contributed by atoms with Gasteiger partial charge in [0.15, 0.2) is 5.65 Å². The predicted molar refractivity (Wildman–Crippen MR) is 83.1 cm³/mol. The van der Waals surface area contributed by atoms with E-state index in [4.69, 9.17) is 0 Å². The van der Waals surface area contributed by atoms with Gasteiger partial charge in [0.1, 0.15) is 11.3 Å². The van der Waals surface area contributed by atoms with Gasteiger partial charge >= 0.3 is 0 Å². The Balaban J connectivity index is 1.33. The summed E-state index contributed by atoms with van der Waals surface area (Å²) in [7, 11) is 0. The van der Waals surface area contributed by atoms with E-state index >= 15 is 0 Å². The van der Waals surface area contributed by atoms with E-state index in [1.807, 2.05) is 12.1 Å². The van der Waals surface area contributed by atoms with Crippen LogP contribution >= 0.6 is 0 Å². The minimum absolute atomic E-state index is 0.714. The highest BCUT2D eigenvalue weighted by Crippen LogP contribution is 2.30. The third kappa shape index (κ3) is 2.97. The summed E-state index contributed by atoms with van der Waals surface area (Å²) in [6.07, 6.45) is 8.83. The summed E-state index contributed by atoms with van der Waals surface area (Å²) in [4.78, 5) is 15.7. The molecule has 110 valence electrons. The van der Waals surface area contributed by atoms with Crippen LogP contribution in [0.4, 0.5) is 5.82 Å². The summed E-state index contributed by atoms with van der Waals surface area (Å²) in [6, 6.07) is 4.89. The number of hydrogen-bond acceptors (Lipinski definition) is 5. The number of fused-ring (bicyclic) bond motifs is 1. The van der Waals surface area contributed by atoms with Gasteiger partial charge < -0.3 is 10.2 Å². The molecule has 1 N–H and O–H groups in total. The molecule has 5 heteroatoms. The quantitative estimate of drug-likeness (QED) is 0.933. The second kappa shape index (κ2) is 5.56. The fourth-order valence-electron chi connectivity index (χ4n) is 3.16. The van der Waals surface area contributed by atoms with Crippen LogP contribution in [-0.2, 0) is 0 Å². The number of anilines is 1. The number of likely N-dealkylation sites (tertiary alicyclic amines) is 1. The third-order valence-electron chi connectivity index (χ3n) is 4.62. The van der Waals surface area contributed by atoms with Gasteiger partial charge in [0.25, 0.3) is 0 Å². The van der Waals surface area contributed by atoms with Gasteiger partial charge in [-0.3, -0.25) is 4.98 Å². The van der Waals surface area contributed by atoms with Crippen molar-refractivity contribution in [3.8, 4) is 0 Å². The minimum atomic E-state index is 0.714. The molecule has 2 aliphatic rings. The number of hydrogen-bond donors (Lipinski definition) is 1. The topological polar surface area (TPSA) is 53.9 Å². The first-order chi connectivity index (χ1) is 10.4. The number of rotatable bonds is 4. The number of aromatic nitrogens is 3. The first kappa shape index (κ1) is 13.0. The summed E-state index contributed by atoms with van der Waals surface area (Å²) in [6.45, 7) is 3.55. The number of nitrogens with one attached hydrogen (secondary N) is 1. The maximum Gasteiger partial charge on any atom is 0.180 e. The third-order valence-corrected chi connectivity index (χ3v) is 4.62. The molecule has 21 heavy (non-hydrogen) atoms. The fraction of sp³-hybridized carbons (Fsp3) is 0.562. The van der Waals surface area contributed by atoms with Crippen LogP contribution in [-0.4, -0.2) is 45.5 Å². The van der Waals surface area contributed by atoms with E-state index in [-0.39, 0.29) is 0 Å². The Kier molecular flexibility index (Phi) is 3.43. The van der Waals surface area contributed by atoms with Crippen LogP contribution in [0.3, 0.4) is 0 Å². The van der Waals surface area contributed by atoms with E-state index in [1.165, 1.54) is 38.8 Å². The maximum atomic E-state index is 4.52. The van der Waals surface area contributed by atoms with E-state index in [1.54, 1.807) is 12.4 Å². The molecule has 1 saturated carbocycles. The van der Waals surface area contributed by atoms with Crippen molar-refractivity contribution in [2.45, 2.75) is 31.7 Å². The lowest BCUT2D eigenvalue weighted by Gasteiger charge is -2.32. The minimum Gasteiger partial charge on any atom is -0.370 e. The van der Waals surface area contributed by atoms with E-state index in [2.05, 4.69) is 25.2 Å². The molecule has 0 atom stereocenters. The highest BCUT2D eigenvalue weighted by atomic mass is 15.2. The van der Waals surface area contributed by atoms with E-state index in [0.717, 1.165) is 29.8 Å². The van der Waals surface area contributed by atoms with Crippen LogP contribution in [0.2, 0.25) is 0 Å². The number of nitrogens with zero attached hydrogens (tertiary/aromatic N) is 4. The Morgan fingerprint density at radius 1 is 1.05 bits per heavy atom. The molecule has 0 spiro atoms. The molecule has 5 nitrogen and oxygen atoms in total. The van der Waals surface area contributed by atoms with E-state index in [0.29, 0.717) is 5.65 Å². The average Bonchev–Trinajstić information content (AvgIpc) is 3.38. The van der Waals surface area contributed by atoms with Gasteiger partial charge in [0.05, 0.1) is 0 Å². The Morgan fingerprint density at radius 3 is 2.67 bits per heavy atom. The van der Waals surface area contributed by atoms with Gasteiger partial charge in [-0.25, -0.2) is 9.97 Å². The van der Waals surface area contributed by atoms with Crippen molar-refractivity contribution in [1.82, 2.24) is 19.9 Å². The average molecular weight is 283 g/mol. The largest absolute Gasteiger partial charge is 0.370 e. The van der Waals surface area contributed by atoms with Crippen LogP contribution in [0, 0.1) is 5.92 Å². The summed E-state index contributed by atoms with van der Waals surface area (Å²) < 4.78 is 0. The second-order valence-corrected chi connectivity index (χ2v) is 6.19. The van der Waals surface area contributed by atoms with Crippen LogP contribution in [0.5, 0.6) is 0 Å². The molecule has 2 aromatic rings. The monoisotopic (exact) mass is 283 g/mol. The zero-order valence-corrected chi connectivity index (χ0v) is 12.2. The second-order valence-electron chi connectivity index (χ2n) is 6.19. The number of piperidine rings is 1. The number of pyridine rings is 1. The molecule has 0 unspecified atom stereocenters. The van der Waals surface area contributed by atoms with Gasteiger partial charge in [0, 0.05) is 25.0 Å². The standard InChI is InChI=1S/C16H21N5/c1-2-13(1)21-9-5-12(6-10-21)11-19-15-4-3-14-16(20-15)18-8-7-17-14/h3-4,7-8,12-13H,1-2,5-6,9-11H2,(H,18,19,20). The molecule has 2 fully saturated rings. The highest BCUT2D eigenvalue weighted by molar-refractivity contribution is 5.71. The van der Waals surface area contributed by atoms with Crippen molar-refractivity contribution in [1.29, 1.82) is 0 Å². The van der Waals surface area contributed by atoms with Gasteiger partial charge in [-0.15, -0.1) is 0 Å². The predicted octanol–water partition coefficient (Wildman–Crippen LogP) is 2.31. The van der Waals surface area contributed by atoms with Gasteiger partial charge in [-0.2, -0.15) is 0 Å². The zero-order valence-electron chi connectivity index (χ0n) is 12.2. The van der Waals surface area contributed by atoms with E-state index in [9.17, 15) is 0 Å². The molecule has 3 heterocycles. The highest BCUT2D eigenvalue weighted by Gasteiger charge is 2.31. The molecular formula is C16H21N5. The molecule has 0 bridgehead atoms. The molecule has 0 radical (unpaired) electrons. The molecule has 0 amide bonds. The maximum absolute atomic E-state index is 4.52. The Morgan fingerprint density at radius 2 is 1.86 bits per heavy atom. The first-order valence-corrected chi connectivity index (χ1v) is 7.94. The summed E-state index contributed by atoms with van der Waals surface area (Å²) >= 11 is 0. The van der Waals surface area contributed by atoms with Crippen LogP contribution < -0.4 is 5.32 Å². The summed E-state index contributed by atoms with van der Waals surface area (Å²) in [5.74, 6) is 1.67. The lowest BCUT2D eigenvalue weighted by atomic mass is 9.96. The van der Waals surface area contributed by atoms with Crippen molar-refractivity contribution >= 4 is 17.0 Å². The van der Waals surface area contributed by atoms with Crippen LogP contribution in [0.15, 0.2) is 24.5 Å². The van der Waals surface area contributed by atoms with Crippen molar-refractivity contribution in [2.75, 3.05) is 25.0 Å². The van der Waals surface area contributed by atoms with Gasteiger partial charge in [-0.05, 0) is 56.8 Å². The van der Waals surface area contributed by atoms with Gasteiger partial charge in [-0.1, -0.05) is 0 Å². The van der Waals surface area contributed by atoms with Crippen LogP contribution in [0.25, 0.3) is 11.2 Å². The van der Waals surface area contributed by atoms with Crippen molar-refractivity contribution in [2.24, 2.45) is 5.92 Å². The van der Waals surface area contributed by atoms with E-state index < -0.39 is 0 Å². The van der Waals surface area contributed by atoms with Crippen molar-refractivity contribution in [3.05, 3.63) is 24.5 Å². The smallest absolute Gasteiger partial charge is 0.180 e. The normalized spacial score (nSPS) is 20.8. The lowest BCUT2D eigenvalue weighted by molar-refractivity contribution is 0.181. The molecule has 1 aliphatic heterocycles. The first-order valence-electron chi connectivity index (χ1n) is 7.94. The molecule has 4 rings (SSSR count). The summed E-state index contributed by atoms with van der Waals surface area (Å²) in [5, 5.41) is 3.47. The van der Waals surface area contributed by atoms with Gasteiger partial charge in [0.2, 0.25) is 0 Å². The molecule has 1 aliphatic carbocycles. The Hall–Kier alpha value is -1.75. The SMILES string of the molecule is c1cnc2nc(NCC3CCN(C4CC4)CC3)ccc2n1.